The number of hydrogen-bond donors (Lipinski definition) is 2. The van der Waals surface area contributed by atoms with Gasteiger partial charge in [-0.2, -0.15) is 0 Å². The number of hydrazine groups is 1. The number of esters is 1. The van der Waals surface area contributed by atoms with Crippen LogP contribution in [0.2, 0.25) is 0 Å². The number of nitrogens with zero attached hydrogens (tertiary/aromatic N) is 5. The van der Waals surface area contributed by atoms with Crippen LogP contribution in [0.25, 0.3) is 0 Å². The lowest BCUT2D eigenvalue weighted by atomic mass is 9.77. The van der Waals surface area contributed by atoms with Crippen LogP contribution in [-0.2, 0) is 45.6 Å². The molecule has 5 aromatic rings. The number of methoxy groups -OCH3 is 1. The number of thiazole rings is 1. The Bertz CT molecular complexity index is 2660. The number of fused-ring (bicyclic) bond motifs is 1. The molecule has 0 saturated carbocycles. The van der Waals surface area contributed by atoms with Gasteiger partial charge in [0.15, 0.2) is 10.8 Å². The largest absolute Gasteiger partial charge is 0.497 e. The van der Waals surface area contributed by atoms with Crippen LogP contribution in [0.3, 0.4) is 0 Å². The molecule has 69 heavy (non-hydrogen) atoms. The van der Waals surface area contributed by atoms with E-state index in [0.717, 1.165) is 26.7 Å². The molecule has 4 heterocycles. The van der Waals surface area contributed by atoms with Gasteiger partial charge in [-0.15, -0.1) is 23.1 Å². The quantitative estimate of drug-likeness (QED) is 0.0194. The van der Waals surface area contributed by atoms with Gasteiger partial charge in [-0.25, -0.2) is 29.4 Å². The van der Waals surface area contributed by atoms with Crippen LogP contribution in [0.5, 0.6) is 5.75 Å². The second kappa shape index (κ2) is 21.5. The van der Waals surface area contributed by atoms with Crippen LogP contribution in [0.15, 0.2) is 149 Å². The summed E-state index contributed by atoms with van der Waals surface area (Å²) in [7, 11) is 2.84. The fourth-order valence-corrected chi connectivity index (χ4v) is 10.5. The number of thioether (sulfide) groups is 1. The lowest BCUT2D eigenvalue weighted by Gasteiger charge is -2.51. The standard InChI is InChI=1S/C50H49N7O10S2/c1-5-65-48(61)55-28-16-23-39(57(55)49(62)66-6-2)37-30-68-45-41(44(59)56(45)42(37)46(60)67-29-32-24-26-36(63-3)27-25-32)52-43(58)40(54-64-4)38-31-69-47(51-38)53-50(33-17-10-7-11-18-33,34-19-12-8-13-20-34)35-21-14-9-15-22-35/h7-27,31,39,41,45H,5-6,28-30H2,1-4H3,(H,51,53)(H,52,58)/b54-40-/t39?,41-,45-/m1/s1. The molecule has 0 spiro atoms. The van der Waals surface area contributed by atoms with Crippen molar-refractivity contribution in [3.8, 4) is 5.75 Å². The van der Waals surface area contributed by atoms with E-state index in [1.54, 1.807) is 55.6 Å². The van der Waals surface area contributed by atoms with Crippen molar-refractivity contribution in [3.05, 3.63) is 172 Å². The molecule has 4 aromatic carbocycles. The molecule has 1 fully saturated rings. The van der Waals surface area contributed by atoms with Crippen LogP contribution in [0, 0.1) is 0 Å². The Balaban J connectivity index is 1.08. The monoisotopic (exact) mass is 971 g/mol. The third-order valence-electron chi connectivity index (χ3n) is 11.5. The van der Waals surface area contributed by atoms with Gasteiger partial charge in [0.2, 0.25) is 0 Å². The first kappa shape index (κ1) is 47.8. The summed E-state index contributed by atoms with van der Waals surface area (Å²) in [5.41, 5.74) is 2.73. The van der Waals surface area contributed by atoms with E-state index in [-0.39, 0.29) is 54.8 Å². The second-order valence-electron chi connectivity index (χ2n) is 15.5. The smallest absolute Gasteiger partial charge is 0.429 e. The highest BCUT2D eigenvalue weighted by molar-refractivity contribution is 8.00. The molecule has 1 saturated heterocycles. The van der Waals surface area contributed by atoms with Gasteiger partial charge in [0.05, 0.1) is 32.9 Å². The van der Waals surface area contributed by atoms with Crippen LogP contribution >= 0.6 is 23.1 Å². The Labute approximate surface area is 406 Å². The summed E-state index contributed by atoms with van der Waals surface area (Å²) in [4.78, 5) is 81.2. The van der Waals surface area contributed by atoms with Crippen LogP contribution in [0.4, 0.5) is 14.7 Å². The Morgan fingerprint density at radius 2 is 1.42 bits per heavy atom. The molecule has 1 unspecified atom stereocenters. The number of oxime groups is 1. The van der Waals surface area contributed by atoms with Gasteiger partial charge in [-0.1, -0.05) is 120 Å². The maximum atomic E-state index is 14.4. The molecule has 8 rings (SSSR count). The zero-order chi connectivity index (χ0) is 48.5. The van der Waals surface area contributed by atoms with E-state index in [1.165, 1.54) is 42.2 Å². The molecule has 3 atom stereocenters. The molecule has 356 valence electrons. The summed E-state index contributed by atoms with van der Waals surface area (Å²) in [6.45, 7) is 3.09. The van der Waals surface area contributed by atoms with Crippen molar-refractivity contribution in [2.45, 2.75) is 43.5 Å². The predicted octanol–water partition coefficient (Wildman–Crippen LogP) is 7.07. The van der Waals surface area contributed by atoms with Gasteiger partial charge in [-0.3, -0.25) is 14.5 Å². The van der Waals surface area contributed by atoms with Gasteiger partial charge in [-0.05, 0) is 53.8 Å². The molecule has 19 heteroatoms. The number of benzene rings is 4. The summed E-state index contributed by atoms with van der Waals surface area (Å²) >= 11 is 2.51. The molecule has 17 nitrogen and oxygen atoms in total. The van der Waals surface area contributed by atoms with Gasteiger partial charge in [0, 0.05) is 11.1 Å². The highest BCUT2D eigenvalue weighted by Crippen LogP contribution is 2.44. The number of amides is 4. The Morgan fingerprint density at radius 3 is 2.00 bits per heavy atom. The first-order chi connectivity index (χ1) is 33.6. The van der Waals surface area contributed by atoms with Crippen molar-refractivity contribution in [3.63, 3.8) is 0 Å². The Morgan fingerprint density at radius 1 is 0.812 bits per heavy atom. The summed E-state index contributed by atoms with van der Waals surface area (Å²) in [6.07, 6.45) is 1.62. The van der Waals surface area contributed by atoms with Crippen molar-refractivity contribution >= 4 is 63.9 Å². The van der Waals surface area contributed by atoms with Crippen LogP contribution in [-0.4, -0.2) is 113 Å². The average molecular weight is 972 g/mol. The lowest BCUT2D eigenvalue weighted by molar-refractivity contribution is -0.153. The SMILES string of the molecule is CCOC(=O)N1CC=CC(C2=C(C(=O)OCc3ccc(OC)cc3)N3C(=O)[C@@H](NC(=O)/C(=N\OC)c4csc(NC(c5ccccc5)(c5ccccc5)c5ccccc5)n4)[C@H]3SC2)N1C(=O)OCC. The minimum absolute atomic E-state index is 0.00994. The second-order valence-corrected chi connectivity index (χ2v) is 17.5. The molecule has 0 bridgehead atoms. The zero-order valence-electron chi connectivity index (χ0n) is 38.1. The van der Waals surface area contributed by atoms with E-state index < -0.39 is 53.0 Å². The average Bonchev–Trinajstić information content (AvgIpc) is 3.86. The maximum absolute atomic E-state index is 14.4. The van der Waals surface area contributed by atoms with E-state index in [1.807, 2.05) is 91.0 Å². The summed E-state index contributed by atoms with van der Waals surface area (Å²) in [6, 6.07) is 34.7. The topological polar surface area (TPSA) is 191 Å². The number of rotatable bonds is 16. The lowest BCUT2D eigenvalue weighted by Crippen LogP contribution is -2.71. The summed E-state index contributed by atoms with van der Waals surface area (Å²) in [5, 5.41) is 14.1. The molecular weight excluding hydrogens is 923 g/mol. The van der Waals surface area contributed by atoms with Crippen LogP contribution < -0.4 is 15.4 Å². The van der Waals surface area contributed by atoms with Crippen LogP contribution in [0.1, 0.15) is 41.8 Å². The van der Waals surface area contributed by atoms with Gasteiger partial charge in [0.25, 0.3) is 11.8 Å². The third kappa shape index (κ3) is 9.73. The minimum atomic E-state index is -1.13. The van der Waals surface area contributed by atoms with E-state index in [4.69, 9.17) is 28.8 Å². The summed E-state index contributed by atoms with van der Waals surface area (Å²) < 4.78 is 21.8. The number of anilines is 1. The first-order valence-electron chi connectivity index (χ1n) is 22.0. The van der Waals surface area contributed by atoms with E-state index >= 15 is 0 Å². The van der Waals surface area contributed by atoms with Crippen molar-refractivity contribution in [2.75, 3.05) is 45.0 Å². The molecule has 2 N–H and O–H groups in total. The molecule has 0 aliphatic carbocycles. The first-order valence-corrected chi connectivity index (χ1v) is 23.9. The van der Waals surface area contributed by atoms with Crippen molar-refractivity contribution in [1.82, 2.24) is 25.2 Å². The fourth-order valence-electron chi connectivity index (χ4n) is 8.32. The maximum Gasteiger partial charge on any atom is 0.429 e. The number of carbonyl (C=O) groups excluding carboxylic acids is 5. The molecule has 1 aromatic heterocycles. The minimum Gasteiger partial charge on any atom is -0.497 e. The molecular formula is C50H49N7O10S2. The number of hydrogen-bond acceptors (Lipinski definition) is 15. The van der Waals surface area contributed by atoms with Gasteiger partial charge < -0.3 is 34.4 Å². The van der Waals surface area contributed by atoms with Crippen molar-refractivity contribution < 1.29 is 47.8 Å². The van der Waals surface area contributed by atoms with Gasteiger partial charge in [0.1, 0.15) is 47.8 Å². The number of ether oxygens (including phenoxy) is 4. The number of carbonyl (C=O) groups is 5. The summed E-state index contributed by atoms with van der Waals surface area (Å²) in [5.74, 6) is -1.56. The Hall–Kier alpha value is -7.64. The van der Waals surface area contributed by atoms with E-state index in [2.05, 4.69) is 15.8 Å². The zero-order valence-corrected chi connectivity index (χ0v) is 39.7. The number of β-lactam (4-membered cyclic amide) rings is 1. The Kier molecular flexibility index (Phi) is 14.9. The fraction of sp³-hybridized carbons (Fsp3) is 0.260. The highest BCUT2D eigenvalue weighted by atomic mass is 32.2. The molecule has 0 radical (unpaired) electrons. The third-order valence-corrected chi connectivity index (χ3v) is 13.5. The van der Waals surface area contributed by atoms with Crippen molar-refractivity contribution in [2.24, 2.45) is 5.16 Å². The molecule has 4 amide bonds. The predicted molar refractivity (Wildman–Crippen MR) is 259 cm³/mol. The van der Waals surface area contributed by atoms with Gasteiger partial charge >= 0.3 is 18.2 Å². The number of aromatic nitrogens is 1. The normalized spacial score (nSPS) is 17.9. The molecule has 3 aliphatic heterocycles. The molecule has 3 aliphatic rings. The number of nitrogens with one attached hydrogen (secondary N) is 2. The van der Waals surface area contributed by atoms with E-state index in [0.29, 0.717) is 16.4 Å². The van der Waals surface area contributed by atoms with Crippen molar-refractivity contribution in [1.29, 1.82) is 0 Å². The van der Waals surface area contributed by atoms with E-state index in [9.17, 15) is 24.0 Å². The highest BCUT2D eigenvalue weighted by Gasteiger charge is 2.56.